The van der Waals surface area contributed by atoms with Crippen LogP contribution >= 0.6 is 15.9 Å². The number of hydrogen-bond acceptors (Lipinski definition) is 3. The molecule has 0 aliphatic heterocycles. The standard InChI is InChI=1S/C15H14BrFN2O2/c1-9-6-15(19(20)21)10(2)5-14(9)18-8-11-3-4-12(16)7-13(11)17/h3-7,18H,8H2,1-2H3. The molecule has 0 saturated heterocycles. The van der Waals surface area contributed by atoms with Crippen molar-refractivity contribution >= 4 is 27.3 Å². The van der Waals surface area contributed by atoms with Gasteiger partial charge in [-0.1, -0.05) is 22.0 Å². The number of nitro benzene ring substituents is 1. The molecule has 2 aromatic carbocycles. The van der Waals surface area contributed by atoms with Crippen LogP contribution in [0.2, 0.25) is 0 Å². The first-order valence-corrected chi connectivity index (χ1v) is 7.11. The second-order valence-electron chi connectivity index (χ2n) is 4.80. The van der Waals surface area contributed by atoms with E-state index in [1.54, 1.807) is 32.0 Å². The maximum absolute atomic E-state index is 13.7. The summed E-state index contributed by atoms with van der Waals surface area (Å²) in [4.78, 5) is 10.5. The molecule has 0 aromatic heterocycles. The molecule has 110 valence electrons. The summed E-state index contributed by atoms with van der Waals surface area (Å²) in [7, 11) is 0. The van der Waals surface area contributed by atoms with Gasteiger partial charge in [-0.05, 0) is 37.6 Å². The van der Waals surface area contributed by atoms with Gasteiger partial charge in [-0.3, -0.25) is 10.1 Å². The highest BCUT2D eigenvalue weighted by atomic mass is 79.9. The van der Waals surface area contributed by atoms with Crippen LogP contribution in [0, 0.1) is 29.8 Å². The number of nitrogens with zero attached hydrogens (tertiary/aromatic N) is 1. The molecule has 0 unspecified atom stereocenters. The van der Waals surface area contributed by atoms with E-state index >= 15 is 0 Å². The van der Waals surface area contributed by atoms with E-state index in [0.29, 0.717) is 22.1 Å². The van der Waals surface area contributed by atoms with Gasteiger partial charge >= 0.3 is 0 Å². The Bertz CT molecular complexity index is 704. The van der Waals surface area contributed by atoms with E-state index in [4.69, 9.17) is 0 Å². The minimum absolute atomic E-state index is 0.0906. The molecule has 0 spiro atoms. The summed E-state index contributed by atoms with van der Waals surface area (Å²) in [6.45, 7) is 3.78. The SMILES string of the molecule is Cc1cc([N+](=O)[O-])c(C)cc1NCc1ccc(Br)cc1F. The molecule has 1 N–H and O–H groups in total. The van der Waals surface area contributed by atoms with E-state index in [0.717, 1.165) is 11.3 Å². The Balaban J connectivity index is 2.20. The molecule has 0 amide bonds. The quantitative estimate of drug-likeness (QED) is 0.639. The number of benzene rings is 2. The number of anilines is 1. The molecular formula is C15H14BrFN2O2. The van der Waals surface area contributed by atoms with Gasteiger partial charge in [0.25, 0.3) is 5.69 Å². The summed E-state index contributed by atoms with van der Waals surface area (Å²) in [6, 6.07) is 8.11. The van der Waals surface area contributed by atoms with E-state index in [1.165, 1.54) is 12.1 Å². The monoisotopic (exact) mass is 352 g/mol. The van der Waals surface area contributed by atoms with E-state index in [1.807, 2.05) is 0 Å². The van der Waals surface area contributed by atoms with Crippen molar-refractivity contribution < 1.29 is 9.31 Å². The van der Waals surface area contributed by atoms with Crippen molar-refractivity contribution in [3.8, 4) is 0 Å². The summed E-state index contributed by atoms with van der Waals surface area (Å²) in [5.74, 6) is -0.298. The van der Waals surface area contributed by atoms with Crippen LogP contribution in [-0.2, 0) is 6.54 Å². The topological polar surface area (TPSA) is 55.2 Å². The van der Waals surface area contributed by atoms with Crippen LogP contribution < -0.4 is 5.32 Å². The average Bonchev–Trinajstić information content (AvgIpc) is 2.40. The fourth-order valence-corrected chi connectivity index (χ4v) is 2.38. The van der Waals surface area contributed by atoms with Gasteiger partial charge in [0.2, 0.25) is 0 Å². The molecule has 0 heterocycles. The molecule has 0 radical (unpaired) electrons. The first kappa shape index (κ1) is 15.4. The van der Waals surface area contributed by atoms with Crippen molar-refractivity contribution in [3.05, 3.63) is 67.4 Å². The maximum atomic E-state index is 13.7. The highest BCUT2D eigenvalue weighted by molar-refractivity contribution is 9.10. The van der Waals surface area contributed by atoms with Crippen molar-refractivity contribution in [3.63, 3.8) is 0 Å². The fourth-order valence-electron chi connectivity index (χ4n) is 2.04. The molecule has 2 aromatic rings. The van der Waals surface area contributed by atoms with E-state index in [-0.39, 0.29) is 11.5 Å². The number of rotatable bonds is 4. The van der Waals surface area contributed by atoms with Crippen LogP contribution in [0.4, 0.5) is 15.8 Å². The van der Waals surface area contributed by atoms with E-state index in [2.05, 4.69) is 21.2 Å². The molecule has 0 aliphatic rings. The maximum Gasteiger partial charge on any atom is 0.272 e. The minimum atomic E-state index is -0.402. The number of halogens is 2. The van der Waals surface area contributed by atoms with Gasteiger partial charge in [0.05, 0.1) is 4.92 Å². The molecule has 0 saturated carbocycles. The molecule has 0 bridgehead atoms. The highest BCUT2D eigenvalue weighted by Gasteiger charge is 2.13. The number of nitro groups is 1. The highest BCUT2D eigenvalue weighted by Crippen LogP contribution is 2.26. The second kappa shape index (κ2) is 6.22. The lowest BCUT2D eigenvalue weighted by atomic mass is 10.1. The minimum Gasteiger partial charge on any atom is -0.381 e. The van der Waals surface area contributed by atoms with Gasteiger partial charge in [0, 0.05) is 33.9 Å². The van der Waals surface area contributed by atoms with Crippen LogP contribution in [-0.4, -0.2) is 4.92 Å². The van der Waals surface area contributed by atoms with Crippen molar-refractivity contribution in [2.75, 3.05) is 5.32 Å². The molecular weight excluding hydrogens is 339 g/mol. The van der Waals surface area contributed by atoms with Gasteiger partial charge in [-0.15, -0.1) is 0 Å². The number of hydrogen-bond donors (Lipinski definition) is 1. The van der Waals surface area contributed by atoms with Crippen LogP contribution in [0.15, 0.2) is 34.8 Å². The molecule has 2 rings (SSSR count). The summed E-state index contributed by atoms with van der Waals surface area (Å²) in [5, 5.41) is 14.0. The first-order chi connectivity index (χ1) is 9.88. The Kier molecular flexibility index (Phi) is 4.57. The zero-order chi connectivity index (χ0) is 15.6. The third-order valence-electron chi connectivity index (χ3n) is 3.22. The zero-order valence-electron chi connectivity index (χ0n) is 11.6. The third-order valence-corrected chi connectivity index (χ3v) is 3.72. The molecule has 6 heteroatoms. The van der Waals surface area contributed by atoms with Gasteiger partial charge in [-0.2, -0.15) is 0 Å². The summed E-state index contributed by atoms with van der Waals surface area (Å²) >= 11 is 3.21. The largest absolute Gasteiger partial charge is 0.381 e. The van der Waals surface area contributed by atoms with Crippen LogP contribution in [0.5, 0.6) is 0 Å². The normalized spacial score (nSPS) is 10.5. The second-order valence-corrected chi connectivity index (χ2v) is 5.72. The number of nitrogens with one attached hydrogen (secondary N) is 1. The van der Waals surface area contributed by atoms with Crippen molar-refractivity contribution in [1.82, 2.24) is 0 Å². The van der Waals surface area contributed by atoms with Crippen molar-refractivity contribution in [1.29, 1.82) is 0 Å². The number of aryl methyl sites for hydroxylation is 2. The fraction of sp³-hybridized carbons (Fsp3) is 0.200. The Morgan fingerprint density at radius 1 is 1.24 bits per heavy atom. The Morgan fingerprint density at radius 2 is 1.95 bits per heavy atom. The first-order valence-electron chi connectivity index (χ1n) is 6.32. The van der Waals surface area contributed by atoms with Crippen LogP contribution in [0.25, 0.3) is 0 Å². The summed E-state index contributed by atoms with van der Waals surface area (Å²) < 4.78 is 14.4. The Labute approximate surface area is 130 Å². The average molecular weight is 353 g/mol. The van der Waals surface area contributed by atoms with E-state index in [9.17, 15) is 14.5 Å². The molecule has 0 atom stereocenters. The molecule has 4 nitrogen and oxygen atoms in total. The van der Waals surface area contributed by atoms with Crippen molar-refractivity contribution in [2.24, 2.45) is 0 Å². The van der Waals surface area contributed by atoms with Gasteiger partial charge < -0.3 is 5.32 Å². The lowest BCUT2D eigenvalue weighted by Gasteiger charge is -2.11. The lowest BCUT2D eigenvalue weighted by molar-refractivity contribution is -0.385. The van der Waals surface area contributed by atoms with Gasteiger partial charge in [0.1, 0.15) is 5.82 Å². The molecule has 21 heavy (non-hydrogen) atoms. The lowest BCUT2D eigenvalue weighted by Crippen LogP contribution is -2.04. The molecule has 0 aliphatic carbocycles. The predicted molar refractivity (Wildman–Crippen MR) is 84.0 cm³/mol. The van der Waals surface area contributed by atoms with E-state index < -0.39 is 4.92 Å². The van der Waals surface area contributed by atoms with Gasteiger partial charge in [0.15, 0.2) is 0 Å². The third kappa shape index (κ3) is 3.58. The van der Waals surface area contributed by atoms with Gasteiger partial charge in [-0.25, -0.2) is 4.39 Å². The molecule has 0 fully saturated rings. The van der Waals surface area contributed by atoms with Crippen molar-refractivity contribution in [2.45, 2.75) is 20.4 Å². The zero-order valence-corrected chi connectivity index (χ0v) is 13.2. The summed E-state index contributed by atoms with van der Waals surface area (Å²) in [5.41, 5.74) is 2.72. The summed E-state index contributed by atoms with van der Waals surface area (Å²) in [6.07, 6.45) is 0. The smallest absolute Gasteiger partial charge is 0.272 e. The van der Waals surface area contributed by atoms with Crippen LogP contribution in [0.3, 0.4) is 0 Å². The van der Waals surface area contributed by atoms with Crippen LogP contribution in [0.1, 0.15) is 16.7 Å². The Morgan fingerprint density at radius 3 is 2.57 bits per heavy atom. The Hall–Kier alpha value is -1.95. The predicted octanol–water partition coefficient (Wildman–Crippen LogP) is 4.73.